The molecule has 0 spiro atoms. The molecule has 0 radical (unpaired) electrons. The van der Waals surface area contributed by atoms with Gasteiger partial charge in [-0.3, -0.25) is 4.79 Å². The summed E-state index contributed by atoms with van der Waals surface area (Å²) in [6, 6.07) is 19.5. The second-order valence-electron chi connectivity index (χ2n) is 6.76. The van der Waals surface area contributed by atoms with Gasteiger partial charge in [0.25, 0.3) is 0 Å². The van der Waals surface area contributed by atoms with Crippen molar-refractivity contribution in [1.29, 1.82) is 0 Å². The minimum absolute atomic E-state index is 0.198. The van der Waals surface area contributed by atoms with Gasteiger partial charge in [-0.15, -0.1) is 0 Å². The lowest BCUT2D eigenvalue weighted by molar-refractivity contribution is -0.114. The lowest BCUT2D eigenvalue weighted by atomic mass is 10.0. The Hall–Kier alpha value is -2.90. The fourth-order valence-corrected chi connectivity index (χ4v) is 5.22. The molecular weight excluding hydrogens is 374 g/mol. The summed E-state index contributed by atoms with van der Waals surface area (Å²) in [5, 5.41) is 2.66. The molecule has 0 bridgehead atoms. The molecule has 2 aromatic carbocycles. The maximum Gasteiger partial charge on any atom is 0.244 e. The van der Waals surface area contributed by atoms with Crippen LogP contribution in [0, 0.1) is 0 Å². The second-order valence-corrected chi connectivity index (χ2v) is 8.65. The number of hydrogen-bond donors (Lipinski definition) is 1. The summed E-state index contributed by atoms with van der Waals surface area (Å²) in [4.78, 5) is 11.4. The number of carbonyl (C=O) groups excluding carboxylic acids is 1. The van der Waals surface area contributed by atoms with Crippen LogP contribution in [0.3, 0.4) is 0 Å². The monoisotopic (exact) mass is 395 g/mol. The minimum atomic E-state index is -3.72. The Morgan fingerprint density at radius 1 is 0.964 bits per heavy atom. The van der Waals surface area contributed by atoms with Crippen molar-refractivity contribution in [3.05, 3.63) is 84.2 Å². The fourth-order valence-electron chi connectivity index (χ4n) is 3.64. The zero-order valence-electron chi connectivity index (χ0n) is 15.4. The largest absolute Gasteiger partial charge is 0.348 e. The first-order valence-corrected chi connectivity index (χ1v) is 10.5. The normalized spacial score (nSPS) is 17.1. The highest BCUT2D eigenvalue weighted by atomic mass is 32.2. The van der Waals surface area contributed by atoms with Crippen molar-refractivity contribution in [3.63, 3.8) is 0 Å². The zero-order chi connectivity index (χ0) is 19.7. The van der Waals surface area contributed by atoms with Crippen LogP contribution in [0.15, 0.2) is 77.8 Å². The molecule has 1 aliphatic heterocycles. The van der Waals surface area contributed by atoms with E-state index in [2.05, 4.69) is 9.88 Å². The van der Waals surface area contributed by atoms with Crippen molar-refractivity contribution in [3.8, 4) is 0 Å². The lowest BCUT2D eigenvalue weighted by Crippen LogP contribution is -2.42. The molecule has 1 amide bonds. The third kappa shape index (κ3) is 3.34. The number of anilines is 1. The summed E-state index contributed by atoms with van der Waals surface area (Å²) in [5.41, 5.74) is 2.45. The Morgan fingerprint density at radius 2 is 1.68 bits per heavy atom. The molecule has 1 N–H and O–H groups in total. The van der Waals surface area contributed by atoms with E-state index in [1.807, 2.05) is 48.7 Å². The molecule has 3 aromatic rings. The van der Waals surface area contributed by atoms with E-state index in [0.717, 1.165) is 11.3 Å². The van der Waals surface area contributed by atoms with Gasteiger partial charge >= 0.3 is 0 Å². The average Bonchev–Trinajstić information content (AvgIpc) is 3.16. The number of sulfonamides is 1. The number of amides is 1. The molecule has 0 aliphatic carbocycles. The van der Waals surface area contributed by atoms with E-state index >= 15 is 0 Å². The highest BCUT2D eigenvalue weighted by Gasteiger charge is 2.37. The maximum absolute atomic E-state index is 13.5. The van der Waals surface area contributed by atoms with E-state index < -0.39 is 10.0 Å². The second kappa shape index (κ2) is 7.26. The summed E-state index contributed by atoms with van der Waals surface area (Å²) in [6.45, 7) is 2.41. The van der Waals surface area contributed by atoms with Crippen molar-refractivity contribution in [2.45, 2.75) is 24.4 Å². The number of carbonyl (C=O) groups is 1. The van der Waals surface area contributed by atoms with E-state index in [1.165, 1.54) is 19.1 Å². The van der Waals surface area contributed by atoms with Crippen LogP contribution in [-0.4, -0.2) is 29.7 Å². The number of rotatable bonds is 4. The Labute approximate surface area is 164 Å². The molecular formula is C21H21N3O3S. The smallest absolute Gasteiger partial charge is 0.244 e. The number of nitrogens with zero attached hydrogens (tertiary/aromatic N) is 2. The zero-order valence-corrected chi connectivity index (χ0v) is 16.3. The molecule has 6 nitrogen and oxygen atoms in total. The standard InChI is InChI=1S/C21H21N3O3S/c1-16(25)22-18-9-11-19(12-10-18)28(26,27)24-15-14-23-13-5-8-20(23)21(24)17-6-3-2-4-7-17/h2-13,21H,14-15H2,1H3,(H,22,25)/t21-/m0/s1. The van der Waals surface area contributed by atoms with E-state index in [0.29, 0.717) is 18.8 Å². The predicted molar refractivity (Wildman–Crippen MR) is 107 cm³/mol. The molecule has 1 atom stereocenters. The number of benzene rings is 2. The van der Waals surface area contributed by atoms with Crippen LogP contribution in [0.4, 0.5) is 5.69 Å². The summed E-state index contributed by atoms with van der Waals surface area (Å²) < 4.78 is 30.6. The molecule has 0 fully saturated rings. The van der Waals surface area contributed by atoms with Crippen LogP contribution in [-0.2, 0) is 21.4 Å². The summed E-state index contributed by atoms with van der Waals surface area (Å²) in [7, 11) is -3.72. The summed E-state index contributed by atoms with van der Waals surface area (Å²) in [5.74, 6) is -0.198. The van der Waals surface area contributed by atoms with Crippen molar-refractivity contribution >= 4 is 21.6 Å². The van der Waals surface area contributed by atoms with Crippen LogP contribution in [0.1, 0.15) is 24.2 Å². The first kappa shape index (κ1) is 18.5. The molecule has 2 heterocycles. The van der Waals surface area contributed by atoms with E-state index in [4.69, 9.17) is 0 Å². The number of aromatic nitrogens is 1. The Morgan fingerprint density at radius 3 is 2.36 bits per heavy atom. The minimum Gasteiger partial charge on any atom is -0.348 e. The number of fused-ring (bicyclic) bond motifs is 1. The van der Waals surface area contributed by atoms with Crippen molar-refractivity contribution in [2.24, 2.45) is 0 Å². The lowest BCUT2D eigenvalue weighted by Gasteiger charge is -2.36. The number of nitrogens with one attached hydrogen (secondary N) is 1. The predicted octanol–water partition coefficient (Wildman–Crippen LogP) is 3.24. The summed E-state index contributed by atoms with van der Waals surface area (Å²) >= 11 is 0. The Bertz CT molecular complexity index is 1090. The molecule has 4 rings (SSSR count). The Kier molecular flexibility index (Phi) is 4.78. The van der Waals surface area contributed by atoms with Crippen LogP contribution >= 0.6 is 0 Å². The van der Waals surface area contributed by atoms with Crippen molar-refractivity contribution < 1.29 is 13.2 Å². The highest BCUT2D eigenvalue weighted by Crippen LogP contribution is 2.36. The highest BCUT2D eigenvalue weighted by molar-refractivity contribution is 7.89. The van der Waals surface area contributed by atoms with Crippen LogP contribution < -0.4 is 5.32 Å². The molecule has 0 saturated heterocycles. The molecule has 28 heavy (non-hydrogen) atoms. The molecule has 0 unspecified atom stereocenters. The van der Waals surface area contributed by atoms with Gasteiger partial charge in [0.2, 0.25) is 15.9 Å². The molecule has 0 saturated carbocycles. The average molecular weight is 395 g/mol. The van der Waals surface area contributed by atoms with Gasteiger partial charge in [0.05, 0.1) is 10.9 Å². The van der Waals surface area contributed by atoms with Crippen molar-refractivity contribution in [2.75, 3.05) is 11.9 Å². The summed E-state index contributed by atoms with van der Waals surface area (Å²) in [6.07, 6.45) is 1.98. The van der Waals surface area contributed by atoms with E-state index in [-0.39, 0.29) is 16.8 Å². The first-order chi connectivity index (χ1) is 13.5. The van der Waals surface area contributed by atoms with Gasteiger partial charge in [-0.25, -0.2) is 8.42 Å². The van der Waals surface area contributed by atoms with Gasteiger partial charge in [0, 0.05) is 37.6 Å². The quantitative estimate of drug-likeness (QED) is 0.737. The molecule has 144 valence electrons. The van der Waals surface area contributed by atoms with Crippen LogP contribution in [0.5, 0.6) is 0 Å². The van der Waals surface area contributed by atoms with E-state index in [1.54, 1.807) is 16.4 Å². The fraction of sp³-hybridized carbons (Fsp3) is 0.190. The molecule has 1 aromatic heterocycles. The van der Waals surface area contributed by atoms with Crippen LogP contribution in [0.2, 0.25) is 0 Å². The van der Waals surface area contributed by atoms with Gasteiger partial charge in [0.1, 0.15) is 0 Å². The van der Waals surface area contributed by atoms with Gasteiger partial charge in [-0.05, 0) is 42.0 Å². The van der Waals surface area contributed by atoms with Gasteiger partial charge in [0.15, 0.2) is 0 Å². The third-order valence-electron chi connectivity index (χ3n) is 4.89. The number of hydrogen-bond acceptors (Lipinski definition) is 3. The van der Waals surface area contributed by atoms with Gasteiger partial charge < -0.3 is 9.88 Å². The van der Waals surface area contributed by atoms with Crippen LogP contribution in [0.25, 0.3) is 0 Å². The maximum atomic E-state index is 13.5. The van der Waals surface area contributed by atoms with E-state index in [9.17, 15) is 13.2 Å². The Balaban J connectivity index is 1.74. The van der Waals surface area contributed by atoms with Gasteiger partial charge in [-0.1, -0.05) is 30.3 Å². The SMILES string of the molecule is CC(=O)Nc1ccc(S(=O)(=O)N2CCn3cccc3[C@@H]2c2ccccc2)cc1. The van der Waals surface area contributed by atoms with Gasteiger partial charge in [-0.2, -0.15) is 4.31 Å². The third-order valence-corrected chi connectivity index (χ3v) is 6.77. The van der Waals surface area contributed by atoms with Crippen molar-refractivity contribution in [1.82, 2.24) is 8.87 Å². The topological polar surface area (TPSA) is 71.4 Å². The first-order valence-electron chi connectivity index (χ1n) is 9.06. The molecule has 1 aliphatic rings. The molecule has 7 heteroatoms.